The number of carbonyl (C=O) groups excluding carboxylic acids is 3. The zero-order chi connectivity index (χ0) is 27.7. The molecule has 3 rings (SSSR count). The van der Waals surface area contributed by atoms with Crippen molar-refractivity contribution in [2.75, 3.05) is 36.3 Å². The average molecular weight is 563 g/mol. The highest BCUT2D eigenvalue weighted by Gasteiger charge is 2.40. The molecule has 0 spiro atoms. The van der Waals surface area contributed by atoms with E-state index in [1.165, 1.54) is 48.9 Å². The van der Waals surface area contributed by atoms with E-state index in [1.54, 1.807) is 11.8 Å². The van der Waals surface area contributed by atoms with Gasteiger partial charge >= 0.3 is 0 Å². The summed E-state index contributed by atoms with van der Waals surface area (Å²) >= 11 is 2.96. The number of nitrogens with zero attached hydrogens (tertiary/aromatic N) is 2. The summed E-state index contributed by atoms with van der Waals surface area (Å²) in [6.45, 7) is 5.95. The third-order valence-corrected chi connectivity index (χ3v) is 8.83. The van der Waals surface area contributed by atoms with Gasteiger partial charge in [-0.1, -0.05) is 43.2 Å². The summed E-state index contributed by atoms with van der Waals surface area (Å²) < 4.78 is 0. The van der Waals surface area contributed by atoms with Gasteiger partial charge < -0.3 is 15.5 Å². The molecular weight excluding hydrogens is 520 g/mol. The Morgan fingerprint density at radius 3 is 2.47 bits per heavy atom. The highest BCUT2D eigenvalue weighted by Crippen LogP contribution is 2.33. The van der Waals surface area contributed by atoms with Gasteiger partial charge in [0.2, 0.25) is 11.8 Å². The number of nitrogens with one attached hydrogen (secondary N) is 2. The second kappa shape index (κ2) is 14.3. The van der Waals surface area contributed by atoms with Crippen LogP contribution in [0.15, 0.2) is 29.3 Å². The molecule has 2 N–H and O–H groups in total. The number of benzene rings is 1. The molecule has 0 aromatic heterocycles. The second-order valence-corrected chi connectivity index (χ2v) is 13.2. The fourth-order valence-corrected chi connectivity index (χ4v) is 6.70. The van der Waals surface area contributed by atoms with Crippen molar-refractivity contribution in [1.82, 2.24) is 15.7 Å². The number of hydrogen-bond donors (Lipinski definition) is 2. The van der Waals surface area contributed by atoms with E-state index in [0.717, 1.165) is 17.0 Å². The van der Waals surface area contributed by atoms with Gasteiger partial charge in [0.15, 0.2) is 11.0 Å². The zero-order valence-corrected chi connectivity index (χ0v) is 24.9. The Hall–Kier alpha value is -2.13. The first-order valence-electron chi connectivity index (χ1n) is 13.4. The summed E-state index contributed by atoms with van der Waals surface area (Å²) in [5.74, 6) is 3.84. The van der Waals surface area contributed by atoms with Crippen molar-refractivity contribution in [1.29, 1.82) is 0 Å². The highest BCUT2D eigenvalue weighted by molar-refractivity contribution is 8.03. The molecule has 1 aromatic rings. The first kappa shape index (κ1) is 30.4. The van der Waals surface area contributed by atoms with E-state index in [4.69, 9.17) is 4.84 Å². The summed E-state index contributed by atoms with van der Waals surface area (Å²) in [6, 6.07) is 6.61. The molecule has 1 saturated carbocycles. The fourth-order valence-electron chi connectivity index (χ4n) is 4.47. The van der Waals surface area contributed by atoms with Gasteiger partial charge in [-0.25, -0.2) is 9.86 Å². The molecule has 2 aliphatic rings. The smallest absolute Gasteiger partial charge is 0.246 e. The van der Waals surface area contributed by atoms with E-state index in [-0.39, 0.29) is 16.8 Å². The van der Waals surface area contributed by atoms with Crippen LogP contribution in [0.5, 0.6) is 0 Å². The normalized spacial score (nSPS) is 19.1. The van der Waals surface area contributed by atoms with Gasteiger partial charge in [0, 0.05) is 37.8 Å². The number of carbonyl (C=O) groups is 2. The molecule has 1 aliphatic carbocycles. The minimum Gasteiger partial charge on any atom is -0.378 e. The average Bonchev–Trinajstić information content (AvgIpc) is 3.28. The third-order valence-electron chi connectivity index (χ3n) is 6.54. The quantitative estimate of drug-likeness (QED) is 0.392. The predicted octanol–water partition coefficient (Wildman–Crippen LogP) is 3.99. The van der Waals surface area contributed by atoms with Crippen LogP contribution >= 0.6 is 23.5 Å². The number of rotatable bonds is 11. The van der Waals surface area contributed by atoms with E-state index >= 15 is 0 Å². The number of thioether (sulfide) groups is 2. The maximum atomic E-state index is 13.4. The van der Waals surface area contributed by atoms with E-state index in [2.05, 4.69) is 10.6 Å². The molecular formula is C28H42N4O4S2. The van der Waals surface area contributed by atoms with Crippen LogP contribution in [0.3, 0.4) is 0 Å². The number of amides is 2. The molecule has 1 heterocycles. The number of hydroxylamine groups is 2. The lowest BCUT2D eigenvalue weighted by molar-refractivity contribution is -0.214. The standard InChI is InChI=1S/C28H42N4O4S2/c1-28(2,3)36-32-24(19-38-25(32)16-33)27(35)30-23(18-37-17-21-9-7-6-8-10-21)26(34)29-15-20-11-13-22(14-12-20)31(4)5/h11-14,21,23-24H,6-10,15,17-19H2,1-5H3,(H,29,34)(H,30,35)/t23-,24-/m0/s1. The van der Waals surface area contributed by atoms with Crippen molar-refractivity contribution in [3.05, 3.63) is 34.9 Å². The van der Waals surface area contributed by atoms with Crippen LogP contribution in [-0.2, 0) is 25.8 Å². The van der Waals surface area contributed by atoms with Crippen molar-refractivity contribution in [2.24, 2.45) is 5.92 Å². The predicted molar refractivity (Wildman–Crippen MR) is 157 cm³/mol. The van der Waals surface area contributed by atoms with Gasteiger partial charge in [-0.05, 0) is 63.0 Å². The van der Waals surface area contributed by atoms with Gasteiger partial charge in [-0.15, -0.1) is 0 Å². The molecule has 8 nitrogen and oxygen atoms in total. The van der Waals surface area contributed by atoms with E-state index in [9.17, 15) is 14.4 Å². The molecule has 0 radical (unpaired) electrons. The van der Waals surface area contributed by atoms with Crippen LogP contribution in [0, 0.1) is 5.92 Å². The maximum absolute atomic E-state index is 13.4. The molecule has 0 bridgehead atoms. The topological polar surface area (TPSA) is 91.0 Å². The summed E-state index contributed by atoms with van der Waals surface area (Å²) in [7, 11) is 3.97. The SMILES string of the molecule is CN(C)c1ccc(CNC(=O)[C@H](CSCC2CCCCC2)NC(=O)[C@@H]2CSC(=C=O)N2OC(C)(C)C)cc1. The van der Waals surface area contributed by atoms with E-state index in [0.29, 0.717) is 24.0 Å². The summed E-state index contributed by atoms with van der Waals surface area (Å²) in [6.07, 6.45) is 6.32. The Bertz CT molecular complexity index is 984. The molecule has 1 saturated heterocycles. The van der Waals surface area contributed by atoms with Crippen LogP contribution in [0.2, 0.25) is 0 Å². The van der Waals surface area contributed by atoms with Crippen LogP contribution < -0.4 is 15.5 Å². The molecule has 10 heteroatoms. The molecule has 210 valence electrons. The largest absolute Gasteiger partial charge is 0.378 e. The lowest BCUT2D eigenvalue weighted by atomic mass is 9.91. The summed E-state index contributed by atoms with van der Waals surface area (Å²) in [4.78, 5) is 46.1. The van der Waals surface area contributed by atoms with Crippen LogP contribution in [-0.4, -0.2) is 71.9 Å². The van der Waals surface area contributed by atoms with E-state index in [1.807, 2.05) is 70.0 Å². The Balaban J connectivity index is 1.65. The summed E-state index contributed by atoms with van der Waals surface area (Å²) in [5, 5.41) is 7.56. The molecule has 2 fully saturated rings. The molecule has 1 aromatic carbocycles. The first-order chi connectivity index (χ1) is 18.1. The van der Waals surface area contributed by atoms with Crippen LogP contribution in [0.4, 0.5) is 5.69 Å². The zero-order valence-electron chi connectivity index (χ0n) is 23.2. The second-order valence-electron chi connectivity index (χ2n) is 11.1. The Kier molecular flexibility index (Phi) is 11.5. The van der Waals surface area contributed by atoms with Crippen molar-refractivity contribution in [3.63, 3.8) is 0 Å². The Morgan fingerprint density at radius 1 is 1.18 bits per heavy atom. The lowest BCUT2D eigenvalue weighted by Crippen LogP contribution is -2.54. The number of hydrogen-bond acceptors (Lipinski definition) is 8. The Labute approximate surface area is 235 Å². The van der Waals surface area contributed by atoms with Gasteiger partial charge in [0.25, 0.3) is 0 Å². The van der Waals surface area contributed by atoms with Gasteiger partial charge in [0.1, 0.15) is 12.1 Å². The third kappa shape index (κ3) is 9.26. The first-order valence-corrected chi connectivity index (χ1v) is 15.5. The molecule has 2 atom stereocenters. The molecule has 2 amide bonds. The lowest BCUT2D eigenvalue weighted by Gasteiger charge is -2.31. The van der Waals surface area contributed by atoms with E-state index < -0.39 is 17.7 Å². The fraction of sp³-hybridized carbons (Fsp3) is 0.643. The van der Waals surface area contributed by atoms with Crippen LogP contribution in [0.1, 0.15) is 58.4 Å². The Morgan fingerprint density at radius 2 is 1.87 bits per heavy atom. The molecule has 0 unspecified atom stereocenters. The molecule has 38 heavy (non-hydrogen) atoms. The van der Waals surface area contributed by atoms with Crippen molar-refractivity contribution < 1.29 is 19.2 Å². The van der Waals surface area contributed by atoms with Crippen molar-refractivity contribution in [2.45, 2.75) is 77.1 Å². The number of anilines is 1. The highest BCUT2D eigenvalue weighted by atomic mass is 32.2. The minimum absolute atomic E-state index is 0.216. The monoisotopic (exact) mass is 562 g/mol. The van der Waals surface area contributed by atoms with Gasteiger partial charge in [-0.2, -0.15) is 11.8 Å². The van der Waals surface area contributed by atoms with Crippen molar-refractivity contribution >= 4 is 47.0 Å². The maximum Gasteiger partial charge on any atom is 0.246 e. The van der Waals surface area contributed by atoms with Crippen LogP contribution in [0.25, 0.3) is 0 Å². The van der Waals surface area contributed by atoms with Crippen molar-refractivity contribution in [3.8, 4) is 0 Å². The van der Waals surface area contributed by atoms with Gasteiger partial charge in [-0.3, -0.25) is 14.4 Å². The summed E-state index contributed by atoms with van der Waals surface area (Å²) in [5.41, 5.74) is 1.48. The minimum atomic E-state index is -0.715. The molecule has 1 aliphatic heterocycles. The van der Waals surface area contributed by atoms with Gasteiger partial charge in [0.05, 0.1) is 5.60 Å².